The molecule has 0 fully saturated rings. The average Bonchev–Trinajstić information content (AvgIpc) is 2.66. The number of nitrogens with zero attached hydrogens (tertiary/aromatic N) is 1. The maximum atomic E-state index is 3.85. The van der Waals surface area contributed by atoms with E-state index in [0.717, 1.165) is 18.9 Å². The van der Waals surface area contributed by atoms with Crippen LogP contribution in [0.25, 0.3) is 0 Å². The second-order valence-electron chi connectivity index (χ2n) is 8.21. The zero-order valence-corrected chi connectivity index (χ0v) is 18.9. The fourth-order valence-electron chi connectivity index (χ4n) is 3.52. The lowest BCUT2D eigenvalue weighted by Crippen LogP contribution is -2.27. The van der Waals surface area contributed by atoms with E-state index in [-0.39, 0.29) is 0 Å². The van der Waals surface area contributed by atoms with Crippen LogP contribution >= 0.6 is 0 Å². The maximum absolute atomic E-state index is 3.85. The molecule has 0 heterocycles. The Labute approximate surface area is 172 Å². The van der Waals surface area contributed by atoms with Gasteiger partial charge in [0.15, 0.2) is 0 Å². The molecule has 0 N–H and O–H groups in total. The largest absolute Gasteiger partial charge is 0.306 e. The van der Waals surface area contributed by atoms with E-state index in [1.54, 1.807) is 0 Å². The van der Waals surface area contributed by atoms with Crippen molar-refractivity contribution in [2.75, 3.05) is 14.1 Å². The van der Waals surface area contributed by atoms with Gasteiger partial charge in [0.1, 0.15) is 0 Å². The first-order valence-corrected chi connectivity index (χ1v) is 11.8. The van der Waals surface area contributed by atoms with E-state index >= 15 is 0 Å². The summed E-state index contributed by atoms with van der Waals surface area (Å²) in [7, 11) is 4.43. The van der Waals surface area contributed by atoms with E-state index in [9.17, 15) is 0 Å². The topological polar surface area (TPSA) is 3.24 Å². The van der Waals surface area contributed by atoms with Crippen LogP contribution in [0.4, 0.5) is 0 Å². The molecule has 1 heteroatoms. The van der Waals surface area contributed by atoms with Gasteiger partial charge in [-0.15, -0.1) is 6.58 Å². The molecule has 0 aromatic heterocycles. The molecular formula is C26H49N. The van der Waals surface area contributed by atoms with Crippen LogP contribution in [-0.2, 0) is 0 Å². The Balaban J connectivity index is 3.37. The number of allylic oxidation sites excluding steroid dienone is 5. The third-order valence-electron chi connectivity index (χ3n) is 5.42. The molecule has 0 spiro atoms. The molecule has 0 aliphatic rings. The van der Waals surface area contributed by atoms with Crippen LogP contribution in [-0.4, -0.2) is 25.0 Å². The van der Waals surface area contributed by atoms with E-state index in [0.29, 0.717) is 0 Å². The van der Waals surface area contributed by atoms with Gasteiger partial charge < -0.3 is 4.90 Å². The molecule has 1 unspecified atom stereocenters. The van der Waals surface area contributed by atoms with Crippen LogP contribution in [0.5, 0.6) is 0 Å². The number of unbranched alkanes of at least 4 members (excludes halogenated alkanes) is 10. The predicted molar refractivity (Wildman–Crippen MR) is 125 cm³/mol. The number of hydrogen-bond donors (Lipinski definition) is 0. The van der Waals surface area contributed by atoms with Crippen molar-refractivity contribution in [1.29, 1.82) is 0 Å². The van der Waals surface area contributed by atoms with Crippen molar-refractivity contribution in [2.24, 2.45) is 0 Å². The summed E-state index contributed by atoms with van der Waals surface area (Å²) in [5.41, 5.74) is 0. The van der Waals surface area contributed by atoms with Gasteiger partial charge in [0.2, 0.25) is 0 Å². The van der Waals surface area contributed by atoms with Gasteiger partial charge in [-0.25, -0.2) is 0 Å². The summed E-state index contributed by atoms with van der Waals surface area (Å²) in [6.07, 6.45) is 32.7. The highest BCUT2D eigenvalue weighted by atomic mass is 15.1. The fraction of sp³-hybridized carbons (Fsp3) is 0.769. The summed E-state index contributed by atoms with van der Waals surface area (Å²) in [5.74, 6) is 0. The summed E-state index contributed by atoms with van der Waals surface area (Å²) in [5, 5.41) is 0. The van der Waals surface area contributed by atoms with Crippen LogP contribution < -0.4 is 0 Å². The molecule has 27 heavy (non-hydrogen) atoms. The Bertz CT molecular complexity index is 353. The van der Waals surface area contributed by atoms with Gasteiger partial charge in [-0.1, -0.05) is 88.7 Å². The summed E-state index contributed by atoms with van der Waals surface area (Å²) in [4.78, 5) is 2.39. The van der Waals surface area contributed by atoms with Gasteiger partial charge in [-0.05, 0) is 65.5 Å². The fourth-order valence-corrected chi connectivity index (χ4v) is 3.52. The standard InChI is InChI=1S/C26H49N/c1-5-7-9-10-11-12-13-14-15-16-17-18-19-20-21-22-23-25-26(27(3)4)24-8-6-2/h6,11-12,14-15,26H,2,5,7-10,13,16-25H2,1,3-4H3. The monoisotopic (exact) mass is 375 g/mol. The first-order valence-electron chi connectivity index (χ1n) is 11.8. The molecule has 0 aliphatic carbocycles. The first kappa shape index (κ1) is 26.2. The summed E-state index contributed by atoms with van der Waals surface area (Å²) < 4.78 is 0. The molecule has 0 radical (unpaired) electrons. The lowest BCUT2D eigenvalue weighted by atomic mass is 10.0. The first-order chi connectivity index (χ1) is 13.2. The second-order valence-corrected chi connectivity index (χ2v) is 8.21. The van der Waals surface area contributed by atoms with Crippen molar-refractivity contribution in [3.63, 3.8) is 0 Å². The van der Waals surface area contributed by atoms with Crippen molar-refractivity contribution in [1.82, 2.24) is 4.90 Å². The lowest BCUT2D eigenvalue weighted by molar-refractivity contribution is 0.259. The highest BCUT2D eigenvalue weighted by Gasteiger charge is 2.09. The van der Waals surface area contributed by atoms with Crippen molar-refractivity contribution in [2.45, 2.75) is 116 Å². The van der Waals surface area contributed by atoms with Crippen LogP contribution in [0.15, 0.2) is 37.0 Å². The van der Waals surface area contributed by atoms with Crippen LogP contribution in [0, 0.1) is 0 Å². The Hall–Kier alpha value is -0.820. The number of hydrogen-bond acceptors (Lipinski definition) is 1. The zero-order chi connectivity index (χ0) is 20.0. The molecule has 0 aromatic rings. The van der Waals surface area contributed by atoms with E-state index in [2.05, 4.69) is 62.9 Å². The molecule has 0 amide bonds. The van der Waals surface area contributed by atoms with E-state index in [1.165, 1.54) is 89.9 Å². The summed E-state index contributed by atoms with van der Waals surface area (Å²) >= 11 is 0. The molecule has 0 rings (SSSR count). The average molecular weight is 376 g/mol. The van der Waals surface area contributed by atoms with Gasteiger partial charge in [0.05, 0.1) is 0 Å². The zero-order valence-electron chi connectivity index (χ0n) is 18.9. The Morgan fingerprint density at radius 2 is 1.22 bits per heavy atom. The minimum atomic E-state index is 0.737. The van der Waals surface area contributed by atoms with Crippen LogP contribution in [0.1, 0.15) is 110 Å². The quantitative estimate of drug-likeness (QED) is 0.152. The molecule has 0 bridgehead atoms. The van der Waals surface area contributed by atoms with Crippen molar-refractivity contribution < 1.29 is 0 Å². The van der Waals surface area contributed by atoms with E-state index in [4.69, 9.17) is 0 Å². The number of rotatable bonds is 20. The Morgan fingerprint density at radius 1 is 0.667 bits per heavy atom. The molecular weight excluding hydrogens is 326 g/mol. The summed E-state index contributed by atoms with van der Waals surface area (Å²) in [6.45, 7) is 6.11. The molecule has 158 valence electrons. The van der Waals surface area contributed by atoms with Crippen LogP contribution in [0.2, 0.25) is 0 Å². The third-order valence-corrected chi connectivity index (χ3v) is 5.42. The third kappa shape index (κ3) is 19.7. The van der Waals surface area contributed by atoms with Gasteiger partial charge in [-0.3, -0.25) is 0 Å². The molecule has 0 saturated carbocycles. The summed E-state index contributed by atoms with van der Waals surface area (Å²) in [6, 6.07) is 0.737. The van der Waals surface area contributed by atoms with Crippen molar-refractivity contribution in [3.8, 4) is 0 Å². The van der Waals surface area contributed by atoms with Gasteiger partial charge in [-0.2, -0.15) is 0 Å². The van der Waals surface area contributed by atoms with Gasteiger partial charge in [0, 0.05) is 6.04 Å². The van der Waals surface area contributed by atoms with Gasteiger partial charge in [0.25, 0.3) is 0 Å². The minimum Gasteiger partial charge on any atom is -0.306 e. The maximum Gasteiger partial charge on any atom is 0.00921 e. The molecule has 1 nitrogen and oxygen atoms in total. The minimum absolute atomic E-state index is 0.737. The van der Waals surface area contributed by atoms with Crippen molar-refractivity contribution in [3.05, 3.63) is 37.0 Å². The van der Waals surface area contributed by atoms with Crippen molar-refractivity contribution >= 4 is 0 Å². The molecule has 1 atom stereocenters. The lowest BCUT2D eigenvalue weighted by Gasteiger charge is -2.23. The Morgan fingerprint density at radius 3 is 1.78 bits per heavy atom. The smallest absolute Gasteiger partial charge is 0.00921 e. The highest BCUT2D eigenvalue weighted by molar-refractivity contribution is 4.92. The molecule has 0 aromatic carbocycles. The SMILES string of the molecule is C=CCCC(CCCCCCCCCC=CCC=CCCCCC)N(C)C. The normalized spacial score (nSPS) is 13.2. The van der Waals surface area contributed by atoms with Gasteiger partial charge >= 0.3 is 0 Å². The Kier molecular flexibility index (Phi) is 20.8. The predicted octanol–water partition coefficient (Wildman–Crippen LogP) is 8.48. The molecule has 0 aliphatic heterocycles. The highest BCUT2D eigenvalue weighted by Crippen LogP contribution is 2.15. The van der Waals surface area contributed by atoms with E-state index < -0.39 is 0 Å². The van der Waals surface area contributed by atoms with E-state index in [1.807, 2.05) is 0 Å². The second kappa shape index (κ2) is 21.5. The van der Waals surface area contributed by atoms with Crippen LogP contribution in [0.3, 0.4) is 0 Å². The molecule has 0 saturated heterocycles.